The van der Waals surface area contributed by atoms with Crippen LogP contribution < -0.4 is 5.32 Å². The monoisotopic (exact) mass is 312 g/mol. The van der Waals surface area contributed by atoms with Crippen LogP contribution in [0.1, 0.15) is 52.9 Å². The number of rotatable bonds is 7. The summed E-state index contributed by atoms with van der Waals surface area (Å²) in [7, 11) is 0. The van der Waals surface area contributed by atoms with Gasteiger partial charge in [-0.15, -0.1) is 0 Å². The van der Waals surface area contributed by atoms with E-state index in [-0.39, 0.29) is 6.04 Å². The second-order valence-corrected chi connectivity index (χ2v) is 8.30. The minimum absolute atomic E-state index is 0.0529. The molecule has 3 atom stereocenters. The van der Waals surface area contributed by atoms with Crippen molar-refractivity contribution in [3.63, 3.8) is 0 Å². The highest BCUT2D eigenvalue weighted by atomic mass is 32.2. The van der Waals surface area contributed by atoms with Crippen molar-refractivity contribution in [3.05, 3.63) is 0 Å². The van der Waals surface area contributed by atoms with E-state index < -0.39 is 0 Å². The molecule has 0 aromatic rings. The molecular weight excluding hydrogens is 280 g/mol. The second kappa shape index (κ2) is 7.87. The third-order valence-corrected chi connectivity index (χ3v) is 5.70. The molecule has 1 saturated carbocycles. The van der Waals surface area contributed by atoms with Crippen LogP contribution in [-0.2, 0) is 4.79 Å². The summed E-state index contributed by atoms with van der Waals surface area (Å²) in [4.78, 5) is 15.0. The molecule has 3 nitrogen and oxygen atoms in total. The largest absolute Gasteiger partial charge is 0.325 e. The Bertz CT molecular complexity index is 342. The van der Waals surface area contributed by atoms with Crippen molar-refractivity contribution in [2.24, 2.45) is 17.8 Å². The summed E-state index contributed by atoms with van der Waals surface area (Å²) in [5.74, 6) is 3.31. The molecule has 1 aliphatic carbocycles. The Morgan fingerprint density at radius 1 is 1.29 bits per heavy atom. The van der Waals surface area contributed by atoms with Crippen LogP contribution >= 0.6 is 11.8 Å². The average Bonchev–Trinajstić information content (AvgIpc) is 3.02. The van der Waals surface area contributed by atoms with E-state index in [1.807, 2.05) is 11.8 Å². The van der Waals surface area contributed by atoms with Crippen LogP contribution in [-0.4, -0.2) is 41.6 Å². The van der Waals surface area contributed by atoms with E-state index in [2.05, 4.69) is 37.2 Å². The van der Waals surface area contributed by atoms with Gasteiger partial charge in [-0.25, -0.2) is 0 Å². The highest BCUT2D eigenvalue weighted by molar-refractivity contribution is 7.98. The van der Waals surface area contributed by atoms with Crippen molar-refractivity contribution in [1.82, 2.24) is 10.2 Å². The van der Waals surface area contributed by atoms with Gasteiger partial charge in [-0.3, -0.25) is 10.1 Å². The summed E-state index contributed by atoms with van der Waals surface area (Å²) in [6, 6.07) is 0.0529. The maximum atomic E-state index is 12.8. The smallest absolute Gasteiger partial charge is 0.241 e. The van der Waals surface area contributed by atoms with E-state index in [0.717, 1.165) is 18.7 Å². The third-order valence-electron chi connectivity index (χ3n) is 4.80. The Morgan fingerprint density at radius 3 is 2.52 bits per heavy atom. The average molecular weight is 313 g/mol. The second-order valence-electron chi connectivity index (χ2n) is 7.39. The van der Waals surface area contributed by atoms with Crippen LogP contribution in [0.2, 0.25) is 0 Å². The highest BCUT2D eigenvalue weighted by Crippen LogP contribution is 2.33. The molecule has 1 heterocycles. The molecule has 1 saturated heterocycles. The molecule has 2 rings (SSSR count). The Kier molecular flexibility index (Phi) is 6.42. The normalized spacial score (nSPS) is 28.8. The predicted octanol–water partition coefficient (Wildman–Crippen LogP) is 3.35. The van der Waals surface area contributed by atoms with E-state index in [0.29, 0.717) is 29.8 Å². The summed E-state index contributed by atoms with van der Waals surface area (Å²) in [6.45, 7) is 7.60. The summed E-state index contributed by atoms with van der Waals surface area (Å²) >= 11 is 1.88. The zero-order valence-corrected chi connectivity index (χ0v) is 14.9. The molecule has 0 bridgehead atoms. The highest BCUT2D eigenvalue weighted by Gasteiger charge is 2.43. The van der Waals surface area contributed by atoms with Crippen molar-refractivity contribution in [3.8, 4) is 0 Å². The first kappa shape index (κ1) is 17.1. The van der Waals surface area contributed by atoms with Crippen molar-refractivity contribution in [2.75, 3.05) is 18.6 Å². The van der Waals surface area contributed by atoms with Crippen LogP contribution in [0.4, 0.5) is 0 Å². The molecule has 122 valence electrons. The van der Waals surface area contributed by atoms with Crippen LogP contribution in [0, 0.1) is 17.8 Å². The molecule has 1 N–H and O–H groups in total. The SMILES string of the molecule is CSCC(C)CN1C(=O)C(CC(C)C)NC1C1CCCC1. The molecule has 0 radical (unpaired) electrons. The molecule has 2 fully saturated rings. The summed E-state index contributed by atoms with van der Waals surface area (Å²) in [5, 5.41) is 3.68. The van der Waals surface area contributed by atoms with Crippen LogP contribution in [0.5, 0.6) is 0 Å². The number of nitrogens with zero attached hydrogens (tertiary/aromatic N) is 1. The summed E-state index contributed by atoms with van der Waals surface area (Å²) in [5.41, 5.74) is 0. The maximum Gasteiger partial charge on any atom is 0.241 e. The lowest BCUT2D eigenvalue weighted by Crippen LogP contribution is -2.44. The zero-order chi connectivity index (χ0) is 15.4. The van der Waals surface area contributed by atoms with Crippen molar-refractivity contribution in [2.45, 2.75) is 65.1 Å². The lowest BCUT2D eigenvalue weighted by Gasteiger charge is -2.31. The number of hydrogen-bond acceptors (Lipinski definition) is 3. The maximum absolute atomic E-state index is 12.8. The van der Waals surface area contributed by atoms with Gasteiger partial charge in [0.2, 0.25) is 5.91 Å². The van der Waals surface area contributed by atoms with Crippen LogP contribution in [0.3, 0.4) is 0 Å². The van der Waals surface area contributed by atoms with Gasteiger partial charge in [0.15, 0.2) is 0 Å². The van der Waals surface area contributed by atoms with E-state index >= 15 is 0 Å². The first-order chi connectivity index (χ1) is 10.0. The van der Waals surface area contributed by atoms with Crippen molar-refractivity contribution in [1.29, 1.82) is 0 Å². The lowest BCUT2D eigenvalue weighted by atomic mass is 10.0. The number of nitrogens with one attached hydrogen (secondary N) is 1. The molecule has 0 aromatic heterocycles. The lowest BCUT2D eigenvalue weighted by molar-refractivity contribution is -0.131. The van der Waals surface area contributed by atoms with E-state index in [1.54, 1.807) is 0 Å². The van der Waals surface area contributed by atoms with Gasteiger partial charge in [-0.2, -0.15) is 11.8 Å². The van der Waals surface area contributed by atoms with Crippen molar-refractivity contribution < 1.29 is 4.79 Å². The number of hydrogen-bond donors (Lipinski definition) is 1. The molecule has 21 heavy (non-hydrogen) atoms. The molecule has 1 amide bonds. The van der Waals surface area contributed by atoms with Gasteiger partial charge in [0.25, 0.3) is 0 Å². The van der Waals surface area contributed by atoms with Crippen LogP contribution in [0.25, 0.3) is 0 Å². The first-order valence-electron chi connectivity index (χ1n) is 8.58. The zero-order valence-electron chi connectivity index (χ0n) is 14.1. The fraction of sp³-hybridized carbons (Fsp3) is 0.941. The topological polar surface area (TPSA) is 32.3 Å². The molecule has 3 unspecified atom stereocenters. The number of carbonyl (C=O) groups is 1. The summed E-state index contributed by atoms with van der Waals surface area (Å²) < 4.78 is 0. The van der Waals surface area contributed by atoms with Crippen molar-refractivity contribution >= 4 is 17.7 Å². The van der Waals surface area contributed by atoms with Gasteiger partial charge in [0, 0.05) is 6.54 Å². The molecule has 1 aliphatic heterocycles. The molecule has 0 spiro atoms. The van der Waals surface area contributed by atoms with Crippen LogP contribution in [0.15, 0.2) is 0 Å². The molecule has 0 aromatic carbocycles. The minimum Gasteiger partial charge on any atom is -0.325 e. The molecular formula is C17H32N2OS. The van der Waals surface area contributed by atoms with Gasteiger partial charge in [-0.05, 0) is 49.0 Å². The number of amides is 1. The van der Waals surface area contributed by atoms with E-state index in [9.17, 15) is 4.79 Å². The third kappa shape index (κ3) is 4.38. The van der Waals surface area contributed by atoms with E-state index in [1.165, 1.54) is 25.7 Å². The van der Waals surface area contributed by atoms with Gasteiger partial charge in [0.05, 0.1) is 12.2 Å². The summed E-state index contributed by atoms with van der Waals surface area (Å²) in [6.07, 6.45) is 8.65. The molecule has 2 aliphatic rings. The fourth-order valence-electron chi connectivity index (χ4n) is 3.89. The fourth-order valence-corrected chi connectivity index (χ4v) is 4.56. The van der Waals surface area contributed by atoms with Gasteiger partial charge < -0.3 is 4.90 Å². The van der Waals surface area contributed by atoms with Gasteiger partial charge in [-0.1, -0.05) is 33.6 Å². The Labute approximate surface area is 134 Å². The van der Waals surface area contributed by atoms with Gasteiger partial charge >= 0.3 is 0 Å². The number of thioether (sulfide) groups is 1. The number of carbonyl (C=O) groups excluding carboxylic acids is 1. The quantitative estimate of drug-likeness (QED) is 0.782. The van der Waals surface area contributed by atoms with Gasteiger partial charge in [0.1, 0.15) is 0 Å². The Balaban J connectivity index is 2.05. The molecule has 4 heteroatoms. The minimum atomic E-state index is 0.0529. The first-order valence-corrected chi connectivity index (χ1v) is 9.97. The standard InChI is InChI=1S/C17H32N2OS/c1-12(2)9-15-17(20)19(10-13(3)11-21-4)16(18-15)14-7-5-6-8-14/h12-16,18H,5-11H2,1-4H3. The predicted molar refractivity (Wildman–Crippen MR) is 91.4 cm³/mol. The van der Waals surface area contributed by atoms with E-state index in [4.69, 9.17) is 0 Å². The Hall–Kier alpha value is -0.220. The Morgan fingerprint density at radius 2 is 1.95 bits per heavy atom.